The molecule has 85 valence electrons. The Balaban J connectivity index is 3.77. The van der Waals surface area contributed by atoms with Gasteiger partial charge in [0.05, 0.1) is 0 Å². The molecule has 0 rings (SSSR count). The van der Waals surface area contributed by atoms with E-state index in [0.29, 0.717) is 0 Å². The molecule has 0 aromatic carbocycles. The Kier molecular flexibility index (Phi) is 11.8. The van der Waals surface area contributed by atoms with Crippen molar-refractivity contribution in [2.45, 2.75) is 39.5 Å². The maximum absolute atomic E-state index is 5.20. The van der Waals surface area contributed by atoms with E-state index in [0.717, 1.165) is 4.32 Å². The zero-order valence-electron chi connectivity index (χ0n) is 8.91. The second kappa shape index (κ2) is 10.8. The van der Waals surface area contributed by atoms with Crippen LogP contribution in [-0.4, -0.2) is 15.8 Å². The van der Waals surface area contributed by atoms with Crippen LogP contribution in [0.25, 0.3) is 0 Å². The average Bonchev–Trinajstić information content (AvgIpc) is 2.21. The van der Waals surface area contributed by atoms with Crippen molar-refractivity contribution in [1.29, 1.82) is 0 Å². The van der Waals surface area contributed by atoms with Crippen molar-refractivity contribution in [1.82, 2.24) is 3.88 Å². The molecule has 0 bridgehead atoms. The molecule has 0 heterocycles. The van der Waals surface area contributed by atoms with Crippen LogP contribution >= 0.6 is 32.9 Å². The zero-order valence-corrected chi connectivity index (χ0v) is 13.4. The van der Waals surface area contributed by atoms with Gasteiger partial charge in [-0.1, -0.05) is 0 Å². The molecule has 0 aromatic heterocycles. The molecule has 0 fully saturated rings. The second-order valence-corrected chi connectivity index (χ2v) is 8.83. The van der Waals surface area contributed by atoms with Gasteiger partial charge in [0.15, 0.2) is 0 Å². The Morgan fingerprint density at radius 2 is 1.79 bits per heavy atom. The van der Waals surface area contributed by atoms with E-state index in [-0.39, 0.29) is 9.93 Å². The number of hydrogen-bond acceptors (Lipinski definition) is 2. The molecule has 0 amide bonds. The van der Waals surface area contributed by atoms with Gasteiger partial charge in [-0.25, -0.2) is 0 Å². The second-order valence-electron chi connectivity index (χ2n) is 3.12. The van der Waals surface area contributed by atoms with Crippen LogP contribution in [0.5, 0.6) is 0 Å². The third kappa shape index (κ3) is 8.58. The first-order valence-corrected chi connectivity index (χ1v) is 9.64. The summed E-state index contributed by atoms with van der Waals surface area (Å²) in [6, 6.07) is 0. The van der Waals surface area contributed by atoms with Gasteiger partial charge in [0.25, 0.3) is 0 Å². The van der Waals surface area contributed by atoms with Crippen molar-refractivity contribution in [2.24, 2.45) is 0 Å². The molecule has 1 N–H and O–H groups in total. The molecule has 0 saturated carbocycles. The zero-order chi connectivity index (χ0) is 10.8. The third-order valence-electron chi connectivity index (χ3n) is 1.82. The van der Waals surface area contributed by atoms with Crippen molar-refractivity contribution < 1.29 is 20.1 Å². The van der Waals surface area contributed by atoms with E-state index in [9.17, 15) is 0 Å². The number of thiocarbonyl (C=S) groups is 1. The van der Waals surface area contributed by atoms with Crippen molar-refractivity contribution in [2.75, 3.05) is 11.5 Å². The molecule has 1 nitrogen and oxygen atoms in total. The molecular weight excluding hydrogens is 314 g/mol. The van der Waals surface area contributed by atoms with Gasteiger partial charge in [-0.15, -0.1) is 0 Å². The molecule has 0 aliphatic rings. The van der Waals surface area contributed by atoms with E-state index in [1.54, 1.807) is 0 Å². The number of rotatable bonds is 7. The summed E-state index contributed by atoms with van der Waals surface area (Å²) in [6.45, 7) is 4.52. The van der Waals surface area contributed by atoms with Crippen LogP contribution < -0.4 is 3.88 Å². The summed E-state index contributed by atoms with van der Waals surface area (Å²) in [5.74, 6) is 2.75. The number of unbranched alkanes of at least 4 members (excludes halogenated alkanes) is 2. The Morgan fingerprint density at radius 1 is 1.29 bits per heavy atom. The molecule has 0 aliphatic carbocycles. The Hall–Kier alpha value is 1.28. The molecule has 0 radical (unpaired) electrons. The van der Waals surface area contributed by atoms with Crippen LogP contribution in [0.3, 0.4) is 0 Å². The molecule has 5 heteroatoms. The Morgan fingerprint density at radius 3 is 2.14 bits per heavy atom. The molecule has 0 atom stereocenters. The minimum atomic E-state index is 0.0969. The van der Waals surface area contributed by atoms with E-state index in [1.165, 1.54) is 37.2 Å². The topological polar surface area (TPSA) is 12.0 Å². The van der Waals surface area contributed by atoms with E-state index >= 15 is 0 Å². The first kappa shape index (κ1) is 15.3. The Bertz CT molecular complexity index is 147. The maximum atomic E-state index is 5.20. The quantitative estimate of drug-likeness (QED) is 0.320. The monoisotopic (exact) mass is 336 g/mol. The van der Waals surface area contributed by atoms with E-state index < -0.39 is 0 Å². The van der Waals surface area contributed by atoms with Crippen LogP contribution in [0.1, 0.15) is 39.5 Å². The number of hydrogen-bond donors (Lipinski definition) is 2. The third-order valence-corrected chi connectivity index (χ3v) is 8.31. The van der Waals surface area contributed by atoms with Crippen LogP contribution in [0, 0.1) is 0 Å². The van der Waals surface area contributed by atoms with Gasteiger partial charge in [0, 0.05) is 0 Å². The normalized spacial score (nSPS) is 11.1. The fourth-order valence-corrected chi connectivity index (χ4v) is 6.93. The summed E-state index contributed by atoms with van der Waals surface area (Å²) in [6.07, 6.45) is 5.32. The van der Waals surface area contributed by atoms with Gasteiger partial charge in [-0.3, -0.25) is 0 Å². The van der Waals surface area contributed by atoms with Crippen molar-refractivity contribution >= 4 is 37.3 Å². The summed E-state index contributed by atoms with van der Waals surface area (Å²) in [7, 11) is 2.01. The van der Waals surface area contributed by atoms with Crippen molar-refractivity contribution in [3.63, 3.8) is 0 Å². The SMILES string of the molecule is CCCC[SH](CCCC)SC(=S)[NH][Mo]. The summed E-state index contributed by atoms with van der Waals surface area (Å²) in [5, 5.41) is 0. The predicted molar refractivity (Wildman–Crippen MR) is 71.9 cm³/mol. The van der Waals surface area contributed by atoms with Gasteiger partial charge in [-0.2, -0.15) is 0 Å². The van der Waals surface area contributed by atoms with Gasteiger partial charge in [0.2, 0.25) is 0 Å². The molecule has 0 spiro atoms. The van der Waals surface area contributed by atoms with Gasteiger partial charge < -0.3 is 0 Å². The van der Waals surface area contributed by atoms with Crippen LogP contribution in [0.2, 0.25) is 0 Å². The number of nitrogens with one attached hydrogen (secondary N) is 1. The fourth-order valence-electron chi connectivity index (χ4n) is 1.01. The molecule has 0 aromatic rings. The average molecular weight is 334 g/mol. The van der Waals surface area contributed by atoms with Crippen molar-refractivity contribution in [3.8, 4) is 0 Å². The standard InChI is InChI=1S/C9H21NS3.Mo/c1-3-5-7-13(8-6-4-2)12-9(10)11;/h13H,3-8H2,1-2H3,(H2,10,11);/q;+1/p-1. The summed E-state index contributed by atoms with van der Waals surface area (Å²) < 4.78 is 4.05. The molecule has 0 aliphatic heterocycles. The summed E-state index contributed by atoms with van der Waals surface area (Å²) in [5.41, 5.74) is 0. The van der Waals surface area contributed by atoms with Crippen LogP contribution in [0.4, 0.5) is 0 Å². The first-order chi connectivity index (χ1) is 6.74. The summed E-state index contributed by atoms with van der Waals surface area (Å²) >= 11 is 7.05. The van der Waals surface area contributed by atoms with E-state index in [1.807, 2.05) is 30.9 Å². The molecular formula is C9H20MoNS3. The van der Waals surface area contributed by atoms with Gasteiger partial charge in [-0.05, 0) is 0 Å². The first-order valence-electron chi connectivity index (χ1n) is 5.09. The van der Waals surface area contributed by atoms with Gasteiger partial charge >= 0.3 is 112 Å². The summed E-state index contributed by atoms with van der Waals surface area (Å²) in [4.78, 5) is 0. The fraction of sp³-hybridized carbons (Fsp3) is 0.889. The van der Waals surface area contributed by atoms with Crippen molar-refractivity contribution in [3.05, 3.63) is 0 Å². The molecule has 0 unspecified atom stereocenters. The predicted octanol–water partition coefficient (Wildman–Crippen LogP) is 3.57. The van der Waals surface area contributed by atoms with E-state index in [4.69, 9.17) is 12.2 Å². The van der Waals surface area contributed by atoms with Crippen LogP contribution in [-0.2, 0) is 20.1 Å². The minimum absolute atomic E-state index is 0.0969. The number of thiol groups is 1. The molecule has 14 heavy (non-hydrogen) atoms. The van der Waals surface area contributed by atoms with Crippen LogP contribution in [0.15, 0.2) is 0 Å². The Labute approximate surface area is 112 Å². The molecule has 0 saturated heterocycles. The van der Waals surface area contributed by atoms with Gasteiger partial charge in [0.1, 0.15) is 0 Å². The van der Waals surface area contributed by atoms with E-state index in [2.05, 4.69) is 17.7 Å².